The zero-order chi connectivity index (χ0) is 17.9. The zero-order valence-electron chi connectivity index (χ0n) is 15.0. The number of hydrogen-bond donors (Lipinski definition) is 0. The highest BCUT2D eigenvalue weighted by molar-refractivity contribution is 6.11. The first-order valence-corrected chi connectivity index (χ1v) is 8.13. The SMILES string of the molecule is CC=C(C=NC)N1C(=O)N(CCc2ccccc2C)C(C)(C)C1=O. The molecule has 2 rings (SSSR count). The van der Waals surface area contributed by atoms with Crippen LogP contribution in [0.3, 0.4) is 0 Å². The molecule has 1 aromatic carbocycles. The van der Waals surface area contributed by atoms with Crippen LogP contribution in [-0.2, 0) is 11.2 Å². The van der Waals surface area contributed by atoms with E-state index in [9.17, 15) is 9.59 Å². The average molecular weight is 327 g/mol. The maximum Gasteiger partial charge on any atom is 0.332 e. The molecule has 1 aliphatic heterocycles. The Kier molecular flexibility index (Phi) is 5.22. The van der Waals surface area contributed by atoms with E-state index in [0.29, 0.717) is 12.2 Å². The van der Waals surface area contributed by atoms with Gasteiger partial charge in [-0.2, -0.15) is 0 Å². The monoisotopic (exact) mass is 327 g/mol. The summed E-state index contributed by atoms with van der Waals surface area (Å²) in [5.74, 6) is -0.217. The predicted octanol–water partition coefficient (Wildman–Crippen LogP) is 3.18. The smallest absolute Gasteiger partial charge is 0.309 e. The van der Waals surface area contributed by atoms with Gasteiger partial charge in [0.05, 0.1) is 5.70 Å². The summed E-state index contributed by atoms with van der Waals surface area (Å²) in [5, 5.41) is 0. The number of allylic oxidation sites excluding steroid dienone is 2. The van der Waals surface area contributed by atoms with Gasteiger partial charge in [0.2, 0.25) is 0 Å². The van der Waals surface area contributed by atoms with Crippen molar-refractivity contribution in [2.24, 2.45) is 4.99 Å². The fourth-order valence-electron chi connectivity index (χ4n) is 2.96. The van der Waals surface area contributed by atoms with Crippen molar-refractivity contribution in [1.29, 1.82) is 0 Å². The number of aliphatic imine (C=N–C) groups is 1. The molecule has 0 atom stereocenters. The van der Waals surface area contributed by atoms with Crippen LogP contribution in [0.2, 0.25) is 0 Å². The van der Waals surface area contributed by atoms with Gasteiger partial charge in [-0.15, -0.1) is 0 Å². The number of imide groups is 1. The van der Waals surface area contributed by atoms with Crippen molar-refractivity contribution in [1.82, 2.24) is 9.80 Å². The Morgan fingerprint density at radius 3 is 2.50 bits per heavy atom. The van der Waals surface area contributed by atoms with Gasteiger partial charge in [-0.3, -0.25) is 9.79 Å². The highest BCUT2D eigenvalue weighted by Crippen LogP contribution is 2.30. The standard InChI is InChI=1S/C19H25N3O2/c1-6-16(13-20-5)22-17(23)19(3,4)21(18(22)24)12-11-15-10-8-7-9-14(15)2/h6-10,13H,11-12H2,1-5H3. The molecule has 1 aromatic rings. The van der Waals surface area contributed by atoms with E-state index in [1.54, 1.807) is 38.8 Å². The summed E-state index contributed by atoms with van der Waals surface area (Å²) in [6.07, 6.45) is 3.98. The number of carbonyl (C=O) groups excluding carboxylic acids is 2. The molecule has 5 nitrogen and oxygen atoms in total. The molecule has 0 N–H and O–H groups in total. The number of nitrogens with zero attached hydrogens (tertiary/aromatic N) is 3. The number of urea groups is 1. The van der Waals surface area contributed by atoms with Crippen LogP contribution < -0.4 is 0 Å². The Labute approximate surface area is 143 Å². The maximum absolute atomic E-state index is 12.8. The summed E-state index contributed by atoms with van der Waals surface area (Å²) in [5.41, 5.74) is 2.03. The van der Waals surface area contributed by atoms with Gasteiger partial charge in [0.1, 0.15) is 5.54 Å². The van der Waals surface area contributed by atoms with Crippen LogP contribution in [0.5, 0.6) is 0 Å². The molecule has 128 valence electrons. The summed E-state index contributed by atoms with van der Waals surface area (Å²) in [6, 6.07) is 7.82. The summed E-state index contributed by atoms with van der Waals surface area (Å²) < 4.78 is 0. The van der Waals surface area contributed by atoms with E-state index in [-0.39, 0.29) is 11.9 Å². The molecule has 1 heterocycles. The molecule has 24 heavy (non-hydrogen) atoms. The number of amides is 3. The molecule has 0 radical (unpaired) electrons. The van der Waals surface area contributed by atoms with Crippen molar-refractivity contribution >= 4 is 18.2 Å². The second kappa shape index (κ2) is 6.99. The van der Waals surface area contributed by atoms with Crippen molar-refractivity contribution in [2.45, 2.75) is 39.7 Å². The molecule has 1 aliphatic rings. The normalized spacial score (nSPS) is 18.1. The highest BCUT2D eigenvalue weighted by atomic mass is 16.2. The summed E-state index contributed by atoms with van der Waals surface area (Å²) in [4.78, 5) is 32.4. The van der Waals surface area contributed by atoms with Crippen molar-refractivity contribution < 1.29 is 9.59 Å². The van der Waals surface area contributed by atoms with Gasteiger partial charge in [0.25, 0.3) is 5.91 Å². The minimum Gasteiger partial charge on any atom is -0.309 e. The van der Waals surface area contributed by atoms with Crippen molar-refractivity contribution in [3.05, 3.63) is 47.2 Å². The summed E-state index contributed by atoms with van der Waals surface area (Å²) in [7, 11) is 1.62. The van der Waals surface area contributed by atoms with Crippen molar-refractivity contribution in [3.63, 3.8) is 0 Å². The van der Waals surface area contributed by atoms with Crippen molar-refractivity contribution in [2.75, 3.05) is 13.6 Å². The number of benzene rings is 1. The first-order valence-electron chi connectivity index (χ1n) is 8.13. The van der Waals surface area contributed by atoms with Gasteiger partial charge in [-0.25, -0.2) is 9.69 Å². The molecular weight excluding hydrogens is 302 g/mol. The van der Waals surface area contributed by atoms with Gasteiger partial charge >= 0.3 is 6.03 Å². The van der Waals surface area contributed by atoms with E-state index in [4.69, 9.17) is 0 Å². The van der Waals surface area contributed by atoms with E-state index in [1.165, 1.54) is 22.2 Å². The van der Waals surface area contributed by atoms with Gasteiger partial charge in [0.15, 0.2) is 0 Å². The van der Waals surface area contributed by atoms with Crippen LogP contribution in [-0.4, -0.2) is 47.1 Å². The molecule has 5 heteroatoms. The van der Waals surface area contributed by atoms with Crippen LogP contribution in [0.15, 0.2) is 41.0 Å². The Balaban J connectivity index is 2.25. The maximum atomic E-state index is 12.8. The van der Waals surface area contributed by atoms with Crippen LogP contribution in [0.1, 0.15) is 31.9 Å². The number of rotatable bonds is 5. The molecule has 0 aliphatic carbocycles. The minimum absolute atomic E-state index is 0.217. The Morgan fingerprint density at radius 1 is 1.25 bits per heavy atom. The first-order chi connectivity index (χ1) is 11.3. The molecule has 3 amide bonds. The lowest BCUT2D eigenvalue weighted by molar-refractivity contribution is -0.130. The van der Waals surface area contributed by atoms with E-state index in [0.717, 1.165) is 6.42 Å². The predicted molar refractivity (Wildman–Crippen MR) is 96.1 cm³/mol. The summed E-state index contributed by atoms with van der Waals surface area (Å²) in [6.45, 7) is 7.93. The molecular formula is C19H25N3O2. The topological polar surface area (TPSA) is 53.0 Å². The fourth-order valence-corrected chi connectivity index (χ4v) is 2.96. The number of carbonyl (C=O) groups is 2. The lowest BCUT2D eigenvalue weighted by Crippen LogP contribution is -2.45. The van der Waals surface area contributed by atoms with E-state index >= 15 is 0 Å². The Hall–Kier alpha value is -2.43. The Bertz CT molecular complexity index is 704. The second-order valence-corrected chi connectivity index (χ2v) is 6.41. The van der Waals surface area contributed by atoms with Crippen LogP contribution >= 0.6 is 0 Å². The van der Waals surface area contributed by atoms with E-state index in [2.05, 4.69) is 24.0 Å². The number of hydrogen-bond acceptors (Lipinski definition) is 3. The van der Waals surface area contributed by atoms with E-state index in [1.807, 2.05) is 12.1 Å². The van der Waals surface area contributed by atoms with Gasteiger partial charge < -0.3 is 4.90 Å². The molecule has 0 bridgehead atoms. The lowest BCUT2D eigenvalue weighted by Gasteiger charge is -2.27. The summed E-state index contributed by atoms with van der Waals surface area (Å²) >= 11 is 0. The third-order valence-corrected chi connectivity index (χ3v) is 4.50. The van der Waals surface area contributed by atoms with Gasteiger partial charge in [-0.05, 0) is 45.2 Å². The molecule has 0 unspecified atom stereocenters. The van der Waals surface area contributed by atoms with Crippen LogP contribution in [0.25, 0.3) is 0 Å². The minimum atomic E-state index is -0.865. The third-order valence-electron chi connectivity index (χ3n) is 4.50. The second-order valence-electron chi connectivity index (χ2n) is 6.41. The van der Waals surface area contributed by atoms with Crippen LogP contribution in [0.4, 0.5) is 4.79 Å². The van der Waals surface area contributed by atoms with Crippen molar-refractivity contribution in [3.8, 4) is 0 Å². The number of aryl methyl sites for hydroxylation is 1. The van der Waals surface area contributed by atoms with E-state index < -0.39 is 5.54 Å². The Morgan fingerprint density at radius 2 is 1.92 bits per heavy atom. The van der Waals surface area contributed by atoms with Gasteiger partial charge in [-0.1, -0.05) is 30.3 Å². The molecule has 1 fully saturated rings. The van der Waals surface area contributed by atoms with Crippen LogP contribution in [0, 0.1) is 6.92 Å². The molecule has 1 saturated heterocycles. The first kappa shape index (κ1) is 17.9. The van der Waals surface area contributed by atoms with Gasteiger partial charge in [0, 0.05) is 19.8 Å². The molecule has 0 saturated carbocycles. The fraction of sp³-hybridized carbons (Fsp3) is 0.421. The molecule has 0 spiro atoms. The zero-order valence-corrected chi connectivity index (χ0v) is 15.0. The average Bonchev–Trinajstić information content (AvgIpc) is 2.71. The highest BCUT2D eigenvalue weighted by Gasteiger charge is 2.51. The largest absolute Gasteiger partial charge is 0.332 e. The lowest BCUT2D eigenvalue weighted by atomic mass is 10.0. The molecule has 0 aromatic heterocycles. The quantitative estimate of drug-likeness (QED) is 0.616. The third kappa shape index (κ3) is 3.11.